The molecule has 0 aromatic heterocycles. The van der Waals surface area contributed by atoms with E-state index < -0.39 is 11.6 Å². The highest BCUT2D eigenvalue weighted by molar-refractivity contribution is 8.13. The summed E-state index contributed by atoms with van der Waals surface area (Å²) in [7, 11) is 0. The van der Waals surface area contributed by atoms with Gasteiger partial charge in [-0.05, 0) is 37.1 Å². The maximum Gasteiger partial charge on any atom is 0.326 e. The van der Waals surface area contributed by atoms with Crippen molar-refractivity contribution in [3.05, 3.63) is 71.8 Å². The average Bonchev–Trinajstić information content (AvgIpc) is 3.05. The highest BCUT2D eigenvalue weighted by Crippen LogP contribution is 2.36. The Labute approximate surface area is 180 Å². The van der Waals surface area contributed by atoms with Gasteiger partial charge in [0, 0.05) is 0 Å². The molecule has 7 heteroatoms. The second-order valence-corrected chi connectivity index (χ2v) is 8.63. The number of amides is 3. The Morgan fingerprint density at radius 1 is 0.900 bits per heavy atom. The molecule has 2 saturated heterocycles. The summed E-state index contributed by atoms with van der Waals surface area (Å²) >= 11 is 1.03. The molecule has 0 spiro atoms. The molecule has 0 unspecified atom stereocenters. The van der Waals surface area contributed by atoms with Crippen LogP contribution in [-0.2, 0) is 15.1 Å². The van der Waals surface area contributed by atoms with E-state index >= 15 is 0 Å². The van der Waals surface area contributed by atoms with E-state index in [0.29, 0.717) is 17.7 Å². The number of nitrogens with one attached hydrogen (secondary N) is 1. The quantitative estimate of drug-likeness (QED) is 0.723. The van der Waals surface area contributed by atoms with Gasteiger partial charge in [-0.3, -0.25) is 19.4 Å². The molecule has 1 N–H and O–H groups in total. The van der Waals surface area contributed by atoms with Crippen LogP contribution in [0.1, 0.15) is 30.4 Å². The summed E-state index contributed by atoms with van der Waals surface area (Å²) in [5, 5.41) is 2.89. The van der Waals surface area contributed by atoms with E-state index in [1.807, 2.05) is 60.7 Å². The number of carbonyl (C=O) groups excluding carboxylic acids is 3. The lowest BCUT2D eigenvalue weighted by atomic mass is 9.83. The van der Waals surface area contributed by atoms with Crippen LogP contribution in [0.15, 0.2) is 60.7 Å². The van der Waals surface area contributed by atoms with Crippen molar-refractivity contribution in [1.29, 1.82) is 0 Å². The molecule has 0 atom stereocenters. The third kappa shape index (κ3) is 4.00. The van der Waals surface area contributed by atoms with E-state index in [2.05, 4.69) is 10.2 Å². The van der Waals surface area contributed by atoms with Gasteiger partial charge in [-0.25, -0.2) is 4.79 Å². The van der Waals surface area contributed by atoms with E-state index in [4.69, 9.17) is 0 Å². The molecule has 0 saturated carbocycles. The molecule has 2 aliphatic rings. The molecule has 2 aliphatic heterocycles. The number of benzene rings is 2. The van der Waals surface area contributed by atoms with Gasteiger partial charge >= 0.3 is 6.03 Å². The number of hydrogen-bond donors (Lipinski definition) is 1. The smallest absolute Gasteiger partial charge is 0.315 e. The number of rotatable bonds is 6. The lowest BCUT2D eigenvalue weighted by Gasteiger charge is -2.28. The zero-order valence-electron chi connectivity index (χ0n) is 16.8. The second kappa shape index (κ2) is 9.02. The molecule has 156 valence electrons. The second-order valence-electron chi connectivity index (χ2n) is 7.63. The van der Waals surface area contributed by atoms with Crippen molar-refractivity contribution >= 4 is 28.8 Å². The standard InChI is InChI=1S/C23H25N3O3S/c27-20(16-25-14-8-3-9-15-25)30-17-26-21(28)23(24-22(26)29,18-10-4-1-5-11-18)19-12-6-2-7-13-19/h1-2,4-7,10-13H,3,8-9,14-17H2,(H,24,29). The van der Waals surface area contributed by atoms with Crippen molar-refractivity contribution in [2.75, 3.05) is 25.5 Å². The number of imide groups is 1. The minimum Gasteiger partial charge on any atom is -0.315 e. The summed E-state index contributed by atoms with van der Waals surface area (Å²) in [6, 6.07) is 18.0. The highest BCUT2D eigenvalue weighted by Gasteiger charge is 2.53. The predicted octanol–water partition coefficient (Wildman–Crippen LogP) is 3.19. The largest absolute Gasteiger partial charge is 0.326 e. The fourth-order valence-electron chi connectivity index (χ4n) is 4.11. The minimum absolute atomic E-state index is 0.0127. The summed E-state index contributed by atoms with van der Waals surface area (Å²) in [5.74, 6) is -0.346. The van der Waals surface area contributed by atoms with Crippen LogP contribution in [0.4, 0.5) is 4.79 Å². The van der Waals surface area contributed by atoms with E-state index in [-0.39, 0.29) is 16.9 Å². The molecule has 30 heavy (non-hydrogen) atoms. The Morgan fingerprint density at radius 2 is 1.47 bits per heavy atom. The molecular weight excluding hydrogens is 398 g/mol. The summed E-state index contributed by atoms with van der Waals surface area (Å²) in [6.45, 7) is 2.22. The van der Waals surface area contributed by atoms with Gasteiger partial charge in [-0.1, -0.05) is 78.8 Å². The Balaban J connectivity index is 1.53. The van der Waals surface area contributed by atoms with Crippen molar-refractivity contribution in [3.8, 4) is 0 Å². The third-order valence-corrected chi connectivity index (χ3v) is 6.51. The van der Waals surface area contributed by atoms with Crippen LogP contribution < -0.4 is 5.32 Å². The molecule has 4 rings (SSSR count). The van der Waals surface area contributed by atoms with Crippen molar-refractivity contribution in [2.24, 2.45) is 0 Å². The lowest BCUT2D eigenvalue weighted by Crippen LogP contribution is -2.45. The zero-order chi connectivity index (χ0) is 21.0. The van der Waals surface area contributed by atoms with Gasteiger partial charge in [0.25, 0.3) is 5.91 Å². The molecule has 6 nitrogen and oxygen atoms in total. The Bertz CT molecular complexity index is 874. The number of hydrogen-bond acceptors (Lipinski definition) is 5. The van der Waals surface area contributed by atoms with Crippen molar-refractivity contribution in [3.63, 3.8) is 0 Å². The molecule has 2 aromatic rings. The first kappa shape index (κ1) is 20.6. The van der Waals surface area contributed by atoms with Crippen LogP contribution >= 0.6 is 11.8 Å². The van der Waals surface area contributed by atoms with Crippen LogP contribution in [0.25, 0.3) is 0 Å². The van der Waals surface area contributed by atoms with Gasteiger partial charge < -0.3 is 5.32 Å². The Morgan fingerprint density at radius 3 is 2.03 bits per heavy atom. The van der Waals surface area contributed by atoms with Crippen molar-refractivity contribution in [1.82, 2.24) is 15.1 Å². The fourth-order valence-corrected chi connectivity index (χ4v) is 4.89. The molecule has 0 radical (unpaired) electrons. The number of nitrogens with zero attached hydrogens (tertiary/aromatic N) is 2. The SMILES string of the molecule is O=C(CN1CCCCC1)SCN1C(=O)NC(c2ccccc2)(c2ccccc2)C1=O. The number of likely N-dealkylation sites (tertiary alicyclic amines) is 1. The van der Waals surface area contributed by atoms with Gasteiger partial charge in [0.1, 0.15) is 0 Å². The fraction of sp³-hybridized carbons (Fsp3) is 0.348. The predicted molar refractivity (Wildman–Crippen MR) is 117 cm³/mol. The van der Waals surface area contributed by atoms with E-state index in [1.54, 1.807) is 0 Å². The van der Waals surface area contributed by atoms with Crippen molar-refractivity contribution in [2.45, 2.75) is 24.8 Å². The molecule has 2 heterocycles. The van der Waals surface area contributed by atoms with Crippen LogP contribution in [0, 0.1) is 0 Å². The lowest BCUT2D eigenvalue weighted by molar-refractivity contribution is -0.129. The normalized spacial score (nSPS) is 19.0. The van der Waals surface area contributed by atoms with Gasteiger partial charge in [-0.15, -0.1) is 0 Å². The van der Waals surface area contributed by atoms with E-state index in [1.165, 1.54) is 6.42 Å². The first-order valence-electron chi connectivity index (χ1n) is 10.2. The topological polar surface area (TPSA) is 69.7 Å². The summed E-state index contributed by atoms with van der Waals surface area (Å²) < 4.78 is 0. The first-order chi connectivity index (χ1) is 14.6. The molecule has 2 fully saturated rings. The maximum atomic E-state index is 13.5. The maximum absolute atomic E-state index is 13.5. The summed E-state index contributed by atoms with van der Waals surface area (Å²) in [4.78, 5) is 42.1. The average molecular weight is 424 g/mol. The number of piperidine rings is 1. The number of carbonyl (C=O) groups is 3. The third-order valence-electron chi connectivity index (χ3n) is 5.68. The highest BCUT2D eigenvalue weighted by atomic mass is 32.2. The van der Waals surface area contributed by atoms with Crippen LogP contribution in [-0.4, -0.2) is 52.4 Å². The molecular formula is C23H25N3O3S. The molecule has 0 aliphatic carbocycles. The first-order valence-corrected chi connectivity index (χ1v) is 11.2. The number of urea groups is 1. The van der Waals surface area contributed by atoms with Crippen LogP contribution in [0.3, 0.4) is 0 Å². The Kier molecular flexibility index (Phi) is 6.20. The summed E-state index contributed by atoms with van der Waals surface area (Å²) in [6.07, 6.45) is 3.44. The van der Waals surface area contributed by atoms with Crippen molar-refractivity contribution < 1.29 is 14.4 Å². The van der Waals surface area contributed by atoms with Crippen LogP contribution in [0.2, 0.25) is 0 Å². The summed E-state index contributed by atoms with van der Waals surface area (Å²) in [5.41, 5.74) is 0.110. The molecule has 0 bridgehead atoms. The molecule has 2 aromatic carbocycles. The monoisotopic (exact) mass is 423 g/mol. The van der Waals surface area contributed by atoms with Gasteiger partial charge in [0.15, 0.2) is 5.54 Å². The molecule has 3 amide bonds. The van der Waals surface area contributed by atoms with Crippen LogP contribution in [0.5, 0.6) is 0 Å². The zero-order valence-corrected chi connectivity index (χ0v) is 17.6. The van der Waals surface area contributed by atoms with E-state index in [0.717, 1.165) is 42.6 Å². The Hall–Kier alpha value is -2.64. The van der Waals surface area contributed by atoms with E-state index in [9.17, 15) is 14.4 Å². The van der Waals surface area contributed by atoms with Gasteiger partial charge in [-0.2, -0.15) is 0 Å². The minimum atomic E-state index is -1.28. The van der Waals surface area contributed by atoms with Gasteiger partial charge in [0.05, 0.1) is 12.4 Å². The number of thioether (sulfide) groups is 1. The van der Waals surface area contributed by atoms with Gasteiger partial charge in [0.2, 0.25) is 5.12 Å².